The first-order valence-corrected chi connectivity index (χ1v) is 7.88. The zero-order chi connectivity index (χ0) is 17.7. The van der Waals surface area contributed by atoms with Crippen LogP contribution in [0.15, 0.2) is 73.1 Å². The van der Waals surface area contributed by atoms with Crippen molar-refractivity contribution in [2.75, 3.05) is 0 Å². The maximum Gasteiger partial charge on any atom is 0.416 e. The maximum absolute atomic E-state index is 12.6. The Morgan fingerprint density at radius 1 is 0.760 bits per heavy atom. The van der Waals surface area contributed by atoms with E-state index in [0.29, 0.717) is 12.1 Å². The van der Waals surface area contributed by atoms with Crippen molar-refractivity contribution in [3.63, 3.8) is 0 Å². The Balaban J connectivity index is 1.67. The second-order valence-electron chi connectivity index (χ2n) is 5.75. The number of nitrogens with zero attached hydrogens (tertiary/aromatic N) is 1. The summed E-state index contributed by atoms with van der Waals surface area (Å²) in [4.78, 5) is 4.20. The molecule has 2 nitrogen and oxygen atoms in total. The average molecular weight is 342 g/mol. The normalized spacial score (nSPS) is 11.5. The number of aromatic nitrogens is 1. The Bertz CT molecular complexity index is 812. The minimum Gasteiger partial charge on any atom is -0.309 e. The van der Waals surface area contributed by atoms with Crippen LogP contribution in [-0.2, 0) is 19.3 Å². The molecule has 0 aliphatic carbocycles. The van der Waals surface area contributed by atoms with E-state index in [1.165, 1.54) is 17.7 Å². The molecule has 0 amide bonds. The van der Waals surface area contributed by atoms with Gasteiger partial charge in [-0.3, -0.25) is 4.98 Å². The number of pyridine rings is 1. The van der Waals surface area contributed by atoms with E-state index < -0.39 is 11.7 Å². The summed E-state index contributed by atoms with van der Waals surface area (Å²) in [6.45, 7) is 1.38. The van der Waals surface area contributed by atoms with E-state index in [1.807, 2.05) is 36.4 Å². The number of benzene rings is 2. The molecule has 0 atom stereocenters. The molecule has 25 heavy (non-hydrogen) atoms. The monoisotopic (exact) mass is 342 g/mol. The van der Waals surface area contributed by atoms with Gasteiger partial charge in [-0.1, -0.05) is 42.5 Å². The van der Waals surface area contributed by atoms with Crippen LogP contribution in [0, 0.1) is 0 Å². The lowest BCUT2D eigenvalue weighted by Crippen LogP contribution is -2.12. The lowest BCUT2D eigenvalue weighted by Gasteiger charge is -2.09. The second kappa shape index (κ2) is 7.49. The minimum absolute atomic E-state index is 0.635. The van der Waals surface area contributed by atoms with Gasteiger partial charge >= 0.3 is 6.18 Å². The molecule has 0 radical (unpaired) electrons. The molecule has 128 valence electrons. The summed E-state index contributed by atoms with van der Waals surface area (Å²) in [6.07, 6.45) is -0.908. The van der Waals surface area contributed by atoms with Crippen molar-refractivity contribution in [2.45, 2.75) is 19.3 Å². The molecule has 0 aliphatic rings. The molecule has 0 spiro atoms. The third-order valence-corrected chi connectivity index (χ3v) is 3.84. The third kappa shape index (κ3) is 4.67. The highest BCUT2D eigenvalue weighted by atomic mass is 19.4. The van der Waals surface area contributed by atoms with Crippen molar-refractivity contribution >= 4 is 0 Å². The van der Waals surface area contributed by atoms with Crippen LogP contribution in [0.3, 0.4) is 0 Å². The van der Waals surface area contributed by atoms with Crippen LogP contribution >= 0.6 is 0 Å². The largest absolute Gasteiger partial charge is 0.416 e. The van der Waals surface area contributed by atoms with Crippen LogP contribution in [0.2, 0.25) is 0 Å². The van der Waals surface area contributed by atoms with E-state index in [4.69, 9.17) is 0 Å². The summed E-state index contributed by atoms with van der Waals surface area (Å²) in [5.41, 5.74) is 3.03. The van der Waals surface area contributed by atoms with Crippen LogP contribution in [-0.4, -0.2) is 4.98 Å². The van der Waals surface area contributed by atoms with E-state index in [2.05, 4.69) is 10.3 Å². The van der Waals surface area contributed by atoms with Gasteiger partial charge in [0.2, 0.25) is 0 Å². The van der Waals surface area contributed by atoms with Crippen LogP contribution in [0.1, 0.15) is 16.7 Å². The topological polar surface area (TPSA) is 24.9 Å². The molecule has 0 saturated heterocycles. The van der Waals surface area contributed by atoms with Crippen molar-refractivity contribution < 1.29 is 13.2 Å². The Labute approximate surface area is 144 Å². The van der Waals surface area contributed by atoms with E-state index in [1.54, 1.807) is 12.4 Å². The number of rotatable bonds is 5. The van der Waals surface area contributed by atoms with Crippen molar-refractivity contribution in [1.82, 2.24) is 10.3 Å². The number of hydrogen-bond acceptors (Lipinski definition) is 2. The number of nitrogens with one attached hydrogen (secondary N) is 1. The van der Waals surface area contributed by atoms with Gasteiger partial charge in [-0.2, -0.15) is 13.2 Å². The smallest absolute Gasteiger partial charge is 0.309 e. The Morgan fingerprint density at radius 3 is 2.12 bits per heavy atom. The fourth-order valence-electron chi connectivity index (χ4n) is 2.54. The Kier molecular flexibility index (Phi) is 5.14. The fraction of sp³-hybridized carbons (Fsp3) is 0.150. The molecule has 5 heteroatoms. The molecule has 1 heterocycles. The predicted octanol–water partition coefficient (Wildman–Crippen LogP) is 5.06. The number of halogens is 3. The highest BCUT2D eigenvalue weighted by molar-refractivity contribution is 5.63. The zero-order valence-electron chi connectivity index (χ0n) is 13.4. The van der Waals surface area contributed by atoms with Gasteiger partial charge in [0.25, 0.3) is 0 Å². The molecular formula is C20H17F3N2. The molecule has 0 aliphatic heterocycles. The van der Waals surface area contributed by atoms with Crippen molar-refractivity contribution in [1.29, 1.82) is 0 Å². The van der Waals surface area contributed by atoms with Gasteiger partial charge in [-0.15, -0.1) is 0 Å². The van der Waals surface area contributed by atoms with E-state index >= 15 is 0 Å². The molecule has 0 unspecified atom stereocenters. The van der Waals surface area contributed by atoms with Gasteiger partial charge in [0.1, 0.15) is 0 Å². The lowest BCUT2D eigenvalue weighted by atomic mass is 10.0. The van der Waals surface area contributed by atoms with Gasteiger partial charge in [-0.25, -0.2) is 0 Å². The summed E-state index contributed by atoms with van der Waals surface area (Å²) in [6, 6.07) is 17.1. The molecule has 0 bridgehead atoms. The quantitative estimate of drug-likeness (QED) is 0.701. The number of alkyl halides is 3. The first-order chi connectivity index (χ1) is 12.0. The number of hydrogen-bond donors (Lipinski definition) is 1. The third-order valence-electron chi connectivity index (χ3n) is 3.84. The van der Waals surface area contributed by atoms with Crippen molar-refractivity contribution in [2.24, 2.45) is 0 Å². The van der Waals surface area contributed by atoms with E-state index in [9.17, 15) is 13.2 Å². The average Bonchev–Trinajstić information content (AvgIpc) is 2.62. The molecule has 2 aromatic carbocycles. The van der Waals surface area contributed by atoms with E-state index in [-0.39, 0.29) is 0 Å². The lowest BCUT2D eigenvalue weighted by molar-refractivity contribution is -0.137. The summed E-state index contributed by atoms with van der Waals surface area (Å²) in [5.74, 6) is 0. The van der Waals surface area contributed by atoms with Gasteiger partial charge < -0.3 is 5.32 Å². The van der Waals surface area contributed by atoms with Crippen molar-refractivity contribution in [3.05, 3.63) is 89.7 Å². The SMILES string of the molecule is FC(F)(F)c1ccc(-c2cncc(CNCc3ccccc3)c2)cc1. The molecule has 1 aromatic heterocycles. The van der Waals surface area contributed by atoms with Crippen LogP contribution in [0.25, 0.3) is 11.1 Å². The Hall–Kier alpha value is -2.66. The molecule has 3 aromatic rings. The summed E-state index contributed by atoms with van der Waals surface area (Å²) in [5, 5.41) is 3.34. The first kappa shape index (κ1) is 17.2. The Morgan fingerprint density at radius 2 is 1.44 bits per heavy atom. The zero-order valence-corrected chi connectivity index (χ0v) is 13.4. The van der Waals surface area contributed by atoms with Crippen LogP contribution in [0.4, 0.5) is 13.2 Å². The summed E-state index contributed by atoms with van der Waals surface area (Å²) in [7, 11) is 0. The molecular weight excluding hydrogens is 325 g/mol. The van der Waals surface area contributed by atoms with Gasteiger partial charge in [0.05, 0.1) is 5.56 Å². The van der Waals surface area contributed by atoms with Gasteiger partial charge in [-0.05, 0) is 34.9 Å². The summed E-state index contributed by atoms with van der Waals surface area (Å²) < 4.78 is 37.9. The first-order valence-electron chi connectivity index (χ1n) is 7.88. The fourth-order valence-corrected chi connectivity index (χ4v) is 2.54. The summed E-state index contributed by atoms with van der Waals surface area (Å²) >= 11 is 0. The molecule has 3 rings (SSSR count). The minimum atomic E-state index is -4.32. The predicted molar refractivity (Wildman–Crippen MR) is 91.7 cm³/mol. The van der Waals surface area contributed by atoms with E-state index in [0.717, 1.165) is 29.8 Å². The van der Waals surface area contributed by atoms with Crippen LogP contribution in [0.5, 0.6) is 0 Å². The highest BCUT2D eigenvalue weighted by Gasteiger charge is 2.29. The van der Waals surface area contributed by atoms with Crippen LogP contribution < -0.4 is 5.32 Å². The van der Waals surface area contributed by atoms with Gasteiger partial charge in [0.15, 0.2) is 0 Å². The molecule has 0 fully saturated rings. The van der Waals surface area contributed by atoms with Gasteiger partial charge in [0, 0.05) is 31.0 Å². The van der Waals surface area contributed by atoms with Crippen molar-refractivity contribution in [3.8, 4) is 11.1 Å². The second-order valence-corrected chi connectivity index (χ2v) is 5.75. The maximum atomic E-state index is 12.6. The highest BCUT2D eigenvalue weighted by Crippen LogP contribution is 2.30. The molecule has 1 N–H and O–H groups in total. The molecule has 0 saturated carbocycles. The standard InChI is InChI=1S/C20H17F3N2/c21-20(22,23)19-8-6-17(7-9-19)18-10-16(13-25-14-18)12-24-11-15-4-2-1-3-5-15/h1-10,13-14,24H,11-12H2.